The molecule has 0 aliphatic carbocycles. The average Bonchev–Trinajstić information content (AvgIpc) is 2.58. The highest BCUT2D eigenvalue weighted by Crippen LogP contribution is 2.18. The highest BCUT2D eigenvalue weighted by Gasteiger charge is 2.25. The van der Waals surface area contributed by atoms with Gasteiger partial charge in [-0.1, -0.05) is 6.07 Å². The molecular formula is C19H30N4O3. The molecule has 1 fully saturated rings. The zero-order valence-electron chi connectivity index (χ0n) is 16.0. The van der Waals surface area contributed by atoms with E-state index in [1.54, 1.807) is 6.20 Å². The Labute approximate surface area is 155 Å². The Hall–Kier alpha value is -2.15. The van der Waals surface area contributed by atoms with E-state index in [0.29, 0.717) is 13.1 Å². The molecule has 144 valence electrons. The number of hydrogen-bond donors (Lipinski definition) is 2. The maximum Gasteiger partial charge on any atom is 0.407 e. The maximum atomic E-state index is 12.4. The topological polar surface area (TPSA) is 83.6 Å². The number of carbonyl (C=O) groups is 2. The van der Waals surface area contributed by atoms with Crippen LogP contribution in [-0.2, 0) is 16.1 Å². The van der Waals surface area contributed by atoms with Crippen molar-refractivity contribution in [2.24, 2.45) is 5.92 Å². The van der Waals surface area contributed by atoms with Gasteiger partial charge in [-0.05, 0) is 52.3 Å². The van der Waals surface area contributed by atoms with Crippen molar-refractivity contribution < 1.29 is 14.3 Å². The van der Waals surface area contributed by atoms with Crippen molar-refractivity contribution in [1.29, 1.82) is 0 Å². The van der Waals surface area contributed by atoms with Gasteiger partial charge in [-0.3, -0.25) is 14.7 Å². The second kappa shape index (κ2) is 9.52. The Morgan fingerprint density at radius 3 is 2.73 bits per heavy atom. The molecule has 0 aromatic carbocycles. The van der Waals surface area contributed by atoms with Gasteiger partial charge < -0.3 is 15.4 Å². The Kier molecular flexibility index (Phi) is 7.38. The van der Waals surface area contributed by atoms with Crippen LogP contribution in [0.3, 0.4) is 0 Å². The maximum absolute atomic E-state index is 12.4. The Morgan fingerprint density at radius 1 is 1.27 bits per heavy atom. The molecule has 0 spiro atoms. The SMILES string of the molecule is CC(C)(C)OC(=O)NCCNC(=O)[C@@H]1CCCN(Cc2ccccn2)C1. The summed E-state index contributed by atoms with van der Waals surface area (Å²) in [4.78, 5) is 30.6. The van der Waals surface area contributed by atoms with E-state index in [2.05, 4.69) is 20.5 Å². The molecule has 26 heavy (non-hydrogen) atoms. The molecule has 1 atom stereocenters. The molecule has 2 rings (SSSR count). The summed E-state index contributed by atoms with van der Waals surface area (Å²) in [6.07, 6.45) is 3.22. The lowest BCUT2D eigenvalue weighted by atomic mass is 9.97. The summed E-state index contributed by atoms with van der Waals surface area (Å²) < 4.78 is 5.16. The number of rotatable bonds is 6. The number of amides is 2. The summed E-state index contributed by atoms with van der Waals surface area (Å²) in [6.45, 7) is 8.68. The monoisotopic (exact) mass is 362 g/mol. The predicted octanol–water partition coefficient (Wildman–Crippen LogP) is 1.93. The van der Waals surface area contributed by atoms with Crippen molar-refractivity contribution in [2.75, 3.05) is 26.2 Å². The molecule has 7 heteroatoms. The zero-order valence-corrected chi connectivity index (χ0v) is 16.0. The number of ether oxygens (including phenoxy) is 1. The Balaban J connectivity index is 1.68. The predicted molar refractivity (Wildman–Crippen MR) is 99.5 cm³/mol. The summed E-state index contributed by atoms with van der Waals surface area (Å²) in [5.74, 6) is 0.0238. The summed E-state index contributed by atoms with van der Waals surface area (Å²) in [5, 5.41) is 5.55. The molecule has 1 aromatic heterocycles. The number of nitrogens with zero attached hydrogens (tertiary/aromatic N) is 2. The van der Waals surface area contributed by atoms with Crippen molar-refractivity contribution in [3.63, 3.8) is 0 Å². The van der Waals surface area contributed by atoms with E-state index >= 15 is 0 Å². The van der Waals surface area contributed by atoms with Crippen LogP contribution in [0, 0.1) is 5.92 Å². The summed E-state index contributed by atoms with van der Waals surface area (Å²) >= 11 is 0. The van der Waals surface area contributed by atoms with Crippen LogP contribution >= 0.6 is 0 Å². The molecule has 2 N–H and O–H groups in total. The fourth-order valence-electron chi connectivity index (χ4n) is 2.94. The van der Waals surface area contributed by atoms with Crippen molar-refractivity contribution in [3.8, 4) is 0 Å². The van der Waals surface area contributed by atoms with E-state index in [-0.39, 0.29) is 11.8 Å². The molecule has 0 bridgehead atoms. The van der Waals surface area contributed by atoms with Crippen LogP contribution in [0.5, 0.6) is 0 Å². The van der Waals surface area contributed by atoms with Gasteiger partial charge >= 0.3 is 6.09 Å². The lowest BCUT2D eigenvalue weighted by molar-refractivity contribution is -0.126. The number of pyridine rings is 1. The van der Waals surface area contributed by atoms with Crippen molar-refractivity contribution in [3.05, 3.63) is 30.1 Å². The summed E-state index contributed by atoms with van der Waals surface area (Å²) in [6, 6.07) is 5.89. The van der Waals surface area contributed by atoms with Gasteiger partial charge in [0.25, 0.3) is 0 Å². The second-order valence-corrected chi connectivity index (χ2v) is 7.62. The van der Waals surface area contributed by atoms with Crippen molar-refractivity contribution >= 4 is 12.0 Å². The van der Waals surface area contributed by atoms with Gasteiger partial charge in [-0.15, -0.1) is 0 Å². The normalized spacial score (nSPS) is 18.2. The third-order valence-electron chi connectivity index (χ3n) is 4.08. The van der Waals surface area contributed by atoms with Crippen LogP contribution in [0.2, 0.25) is 0 Å². The second-order valence-electron chi connectivity index (χ2n) is 7.62. The lowest BCUT2D eigenvalue weighted by Gasteiger charge is -2.31. The third-order valence-corrected chi connectivity index (χ3v) is 4.08. The van der Waals surface area contributed by atoms with E-state index in [0.717, 1.165) is 38.2 Å². The van der Waals surface area contributed by atoms with Crippen LogP contribution in [0.25, 0.3) is 0 Å². The van der Waals surface area contributed by atoms with Crippen LogP contribution in [-0.4, -0.2) is 53.7 Å². The minimum Gasteiger partial charge on any atom is -0.444 e. The van der Waals surface area contributed by atoms with Gasteiger partial charge in [0.05, 0.1) is 11.6 Å². The van der Waals surface area contributed by atoms with Crippen LogP contribution in [0.1, 0.15) is 39.3 Å². The number of alkyl carbamates (subject to hydrolysis) is 1. The van der Waals surface area contributed by atoms with Gasteiger partial charge in [0.2, 0.25) is 5.91 Å². The highest BCUT2D eigenvalue weighted by atomic mass is 16.6. The van der Waals surface area contributed by atoms with Gasteiger partial charge in [-0.25, -0.2) is 4.79 Å². The van der Waals surface area contributed by atoms with Crippen molar-refractivity contribution in [1.82, 2.24) is 20.5 Å². The van der Waals surface area contributed by atoms with E-state index in [9.17, 15) is 9.59 Å². The minimum atomic E-state index is -0.521. The van der Waals surface area contributed by atoms with Crippen LogP contribution < -0.4 is 10.6 Å². The molecule has 7 nitrogen and oxygen atoms in total. The average molecular weight is 362 g/mol. The molecule has 1 saturated heterocycles. The molecule has 0 saturated carbocycles. The van der Waals surface area contributed by atoms with E-state index < -0.39 is 11.7 Å². The van der Waals surface area contributed by atoms with Crippen LogP contribution in [0.15, 0.2) is 24.4 Å². The number of nitrogens with one attached hydrogen (secondary N) is 2. The van der Waals surface area contributed by atoms with E-state index in [4.69, 9.17) is 4.74 Å². The molecule has 2 heterocycles. The lowest BCUT2D eigenvalue weighted by Crippen LogP contribution is -2.44. The van der Waals surface area contributed by atoms with Gasteiger partial charge in [0.1, 0.15) is 5.60 Å². The standard InChI is InChI=1S/C19H30N4O3/c1-19(2,3)26-18(25)22-11-10-21-17(24)15-7-6-12-23(13-15)14-16-8-4-5-9-20-16/h4-5,8-9,15H,6-7,10-14H2,1-3H3,(H,21,24)(H,22,25)/t15-/m1/s1. The first-order valence-corrected chi connectivity index (χ1v) is 9.20. The molecule has 1 aliphatic heterocycles. The minimum absolute atomic E-state index is 0.0195. The van der Waals surface area contributed by atoms with Gasteiger partial charge in [-0.2, -0.15) is 0 Å². The van der Waals surface area contributed by atoms with Crippen molar-refractivity contribution in [2.45, 2.75) is 45.8 Å². The zero-order chi connectivity index (χ0) is 19.0. The summed E-state index contributed by atoms with van der Waals surface area (Å²) in [7, 11) is 0. The molecule has 0 radical (unpaired) electrons. The quantitative estimate of drug-likeness (QED) is 0.756. The first kappa shape index (κ1) is 20.2. The van der Waals surface area contributed by atoms with Gasteiger partial charge in [0.15, 0.2) is 0 Å². The molecule has 1 aromatic rings. The van der Waals surface area contributed by atoms with Gasteiger partial charge in [0, 0.05) is 32.4 Å². The number of likely N-dealkylation sites (tertiary alicyclic amines) is 1. The Morgan fingerprint density at radius 2 is 2.04 bits per heavy atom. The summed E-state index contributed by atoms with van der Waals surface area (Å²) in [5.41, 5.74) is 0.502. The molecule has 1 aliphatic rings. The fraction of sp³-hybridized carbons (Fsp3) is 0.632. The molecule has 0 unspecified atom stereocenters. The largest absolute Gasteiger partial charge is 0.444 e. The number of piperidine rings is 1. The molecular weight excluding hydrogens is 332 g/mol. The number of carbonyl (C=O) groups excluding carboxylic acids is 2. The third kappa shape index (κ3) is 7.39. The number of hydrogen-bond acceptors (Lipinski definition) is 5. The van der Waals surface area contributed by atoms with Crippen LogP contribution in [0.4, 0.5) is 4.79 Å². The molecule has 2 amide bonds. The van der Waals surface area contributed by atoms with E-state index in [1.165, 1.54) is 0 Å². The first-order valence-electron chi connectivity index (χ1n) is 9.20. The fourth-order valence-corrected chi connectivity index (χ4v) is 2.94. The Bertz CT molecular complexity index is 586. The van der Waals surface area contributed by atoms with E-state index in [1.807, 2.05) is 39.0 Å². The smallest absolute Gasteiger partial charge is 0.407 e. The first-order chi connectivity index (χ1) is 12.3. The highest BCUT2D eigenvalue weighted by molar-refractivity contribution is 5.79. The number of aromatic nitrogens is 1.